The van der Waals surface area contributed by atoms with Crippen molar-refractivity contribution >= 4 is 17.5 Å². The molecule has 2 unspecified atom stereocenters. The monoisotopic (exact) mass is 310 g/mol. The lowest BCUT2D eigenvalue weighted by Gasteiger charge is -2.38. The number of halogens is 1. The molecule has 2 atom stereocenters. The standard InChI is InChI=1S/C16H23ClN2O2/c1-2-12-6-7-19(14(8-12)10-18)16(20)11-21-15-5-3-4-13(17)9-15/h3-5,9,12,14H,2,6-8,10-11,18H2,1H3. The molecule has 0 radical (unpaired) electrons. The number of benzene rings is 1. The van der Waals surface area contributed by atoms with Crippen LogP contribution in [0.1, 0.15) is 26.2 Å². The summed E-state index contributed by atoms with van der Waals surface area (Å²) < 4.78 is 5.53. The quantitative estimate of drug-likeness (QED) is 0.909. The van der Waals surface area contributed by atoms with Crippen LogP contribution in [0.25, 0.3) is 0 Å². The largest absolute Gasteiger partial charge is 0.484 e. The van der Waals surface area contributed by atoms with Crippen LogP contribution in [-0.4, -0.2) is 36.5 Å². The van der Waals surface area contributed by atoms with E-state index in [2.05, 4.69) is 6.92 Å². The maximum Gasteiger partial charge on any atom is 0.260 e. The Morgan fingerprint density at radius 3 is 3.00 bits per heavy atom. The highest BCUT2D eigenvalue weighted by molar-refractivity contribution is 6.30. The van der Waals surface area contributed by atoms with Gasteiger partial charge in [0.2, 0.25) is 0 Å². The van der Waals surface area contributed by atoms with Crippen LogP contribution in [0.4, 0.5) is 0 Å². The first kappa shape index (κ1) is 16.1. The summed E-state index contributed by atoms with van der Waals surface area (Å²) in [4.78, 5) is 14.2. The highest BCUT2D eigenvalue weighted by Gasteiger charge is 2.30. The number of piperidine rings is 1. The fraction of sp³-hybridized carbons (Fsp3) is 0.562. The second-order valence-corrected chi connectivity index (χ2v) is 5.96. The fourth-order valence-corrected chi connectivity index (χ4v) is 3.02. The third-order valence-corrected chi connectivity index (χ3v) is 4.39. The van der Waals surface area contributed by atoms with Gasteiger partial charge in [-0.05, 0) is 37.0 Å². The summed E-state index contributed by atoms with van der Waals surface area (Å²) in [6.07, 6.45) is 3.20. The Balaban J connectivity index is 1.90. The summed E-state index contributed by atoms with van der Waals surface area (Å²) in [5.41, 5.74) is 5.82. The molecule has 0 aromatic heterocycles. The van der Waals surface area contributed by atoms with Gasteiger partial charge in [-0.15, -0.1) is 0 Å². The van der Waals surface area contributed by atoms with Crippen molar-refractivity contribution in [3.05, 3.63) is 29.3 Å². The number of carbonyl (C=O) groups is 1. The lowest BCUT2D eigenvalue weighted by atomic mass is 9.89. The van der Waals surface area contributed by atoms with E-state index in [1.54, 1.807) is 24.3 Å². The summed E-state index contributed by atoms with van der Waals surface area (Å²) in [5, 5.41) is 0.601. The molecule has 0 spiro atoms. The lowest BCUT2D eigenvalue weighted by molar-refractivity contribution is -0.137. The molecule has 1 aromatic rings. The van der Waals surface area contributed by atoms with Gasteiger partial charge >= 0.3 is 0 Å². The Morgan fingerprint density at radius 1 is 1.52 bits per heavy atom. The van der Waals surface area contributed by atoms with Crippen molar-refractivity contribution in [2.45, 2.75) is 32.2 Å². The van der Waals surface area contributed by atoms with Crippen molar-refractivity contribution in [2.75, 3.05) is 19.7 Å². The van der Waals surface area contributed by atoms with Crippen LogP contribution >= 0.6 is 11.6 Å². The molecule has 2 rings (SSSR count). The number of hydrogen-bond acceptors (Lipinski definition) is 3. The van der Waals surface area contributed by atoms with Crippen molar-refractivity contribution < 1.29 is 9.53 Å². The van der Waals surface area contributed by atoms with Crippen LogP contribution in [0.2, 0.25) is 5.02 Å². The van der Waals surface area contributed by atoms with Crippen molar-refractivity contribution in [1.82, 2.24) is 4.90 Å². The van der Waals surface area contributed by atoms with E-state index in [9.17, 15) is 4.79 Å². The normalized spacial score (nSPS) is 22.1. The maximum atomic E-state index is 12.3. The van der Waals surface area contributed by atoms with Gasteiger partial charge in [0.15, 0.2) is 6.61 Å². The Hall–Kier alpha value is -1.26. The molecule has 0 bridgehead atoms. The third kappa shape index (κ3) is 4.35. The molecule has 116 valence electrons. The molecule has 1 aliphatic heterocycles. The molecular formula is C16H23ClN2O2. The molecule has 1 saturated heterocycles. The highest BCUT2D eigenvalue weighted by Crippen LogP contribution is 2.25. The molecule has 0 aliphatic carbocycles. The van der Waals surface area contributed by atoms with Gasteiger partial charge in [-0.1, -0.05) is 31.0 Å². The maximum absolute atomic E-state index is 12.3. The van der Waals surface area contributed by atoms with E-state index in [-0.39, 0.29) is 18.6 Å². The Kier molecular flexibility index (Phi) is 5.88. The minimum Gasteiger partial charge on any atom is -0.484 e. The molecule has 1 heterocycles. The molecule has 1 aliphatic rings. The van der Waals surface area contributed by atoms with E-state index < -0.39 is 0 Å². The number of nitrogens with zero attached hydrogens (tertiary/aromatic N) is 1. The minimum absolute atomic E-state index is 0.0000198. The van der Waals surface area contributed by atoms with Gasteiger partial charge in [-0.3, -0.25) is 4.79 Å². The predicted molar refractivity (Wildman–Crippen MR) is 84.5 cm³/mol. The van der Waals surface area contributed by atoms with Gasteiger partial charge in [0, 0.05) is 24.2 Å². The van der Waals surface area contributed by atoms with Gasteiger partial charge in [0.1, 0.15) is 5.75 Å². The van der Waals surface area contributed by atoms with E-state index in [1.165, 1.54) is 0 Å². The molecule has 21 heavy (non-hydrogen) atoms. The van der Waals surface area contributed by atoms with Crippen LogP contribution in [0.5, 0.6) is 5.75 Å². The first-order valence-corrected chi connectivity index (χ1v) is 7.89. The average molecular weight is 311 g/mol. The summed E-state index contributed by atoms with van der Waals surface area (Å²) in [7, 11) is 0. The Bertz CT molecular complexity index is 481. The molecule has 4 nitrogen and oxygen atoms in total. The molecular weight excluding hydrogens is 288 g/mol. The topological polar surface area (TPSA) is 55.6 Å². The second kappa shape index (κ2) is 7.66. The van der Waals surface area contributed by atoms with Crippen molar-refractivity contribution in [1.29, 1.82) is 0 Å². The Morgan fingerprint density at radius 2 is 2.33 bits per heavy atom. The smallest absolute Gasteiger partial charge is 0.260 e. The van der Waals surface area contributed by atoms with E-state index in [1.807, 2.05) is 4.90 Å². The summed E-state index contributed by atoms with van der Waals surface area (Å²) in [6.45, 7) is 3.52. The first-order valence-electron chi connectivity index (χ1n) is 7.52. The average Bonchev–Trinajstić information content (AvgIpc) is 2.52. The third-order valence-electron chi connectivity index (χ3n) is 4.15. The molecule has 0 saturated carbocycles. The summed E-state index contributed by atoms with van der Waals surface area (Å²) in [5.74, 6) is 1.29. The fourth-order valence-electron chi connectivity index (χ4n) is 2.84. The molecule has 2 N–H and O–H groups in total. The second-order valence-electron chi connectivity index (χ2n) is 5.52. The number of rotatable bonds is 5. The number of amides is 1. The highest BCUT2D eigenvalue weighted by atomic mass is 35.5. The van der Waals surface area contributed by atoms with Gasteiger partial charge in [0.25, 0.3) is 5.91 Å². The SMILES string of the molecule is CCC1CCN(C(=O)COc2cccc(Cl)c2)C(CN)C1. The molecule has 1 aromatic carbocycles. The van der Waals surface area contributed by atoms with Crippen LogP contribution in [0, 0.1) is 5.92 Å². The number of likely N-dealkylation sites (tertiary alicyclic amines) is 1. The van der Waals surface area contributed by atoms with Crippen molar-refractivity contribution in [3.8, 4) is 5.75 Å². The van der Waals surface area contributed by atoms with E-state index >= 15 is 0 Å². The van der Waals surface area contributed by atoms with Crippen molar-refractivity contribution in [3.63, 3.8) is 0 Å². The van der Waals surface area contributed by atoms with Gasteiger partial charge in [-0.25, -0.2) is 0 Å². The van der Waals surface area contributed by atoms with Crippen molar-refractivity contribution in [2.24, 2.45) is 11.7 Å². The zero-order valence-electron chi connectivity index (χ0n) is 12.4. The Labute approximate surface area is 131 Å². The van der Waals surface area contributed by atoms with E-state index in [0.29, 0.717) is 23.2 Å². The van der Waals surface area contributed by atoms with Crippen LogP contribution in [0.3, 0.4) is 0 Å². The van der Waals surface area contributed by atoms with Gasteiger partial charge in [0.05, 0.1) is 0 Å². The number of ether oxygens (including phenoxy) is 1. The van der Waals surface area contributed by atoms with E-state index in [4.69, 9.17) is 22.1 Å². The predicted octanol–water partition coefficient (Wildman–Crippen LogP) is 2.69. The minimum atomic E-state index is -0.0000198. The lowest BCUT2D eigenvalue weighted by Crippen LogP contribution is -2.51. The van der Waals surface area contributed by atoms with Crippen LogP contribution < -0.4 is 10.5 Å². The zero-order chi connectivity index (χ0) is 15.2. The molecule has 1 amide bonds. The molecule has 1 fully saturated rings. The van der Waals surface area contributed by atoms with Crippen LogP contribution in [-0.2, 0) is 4.79 Å². The summed E-state index contributed by atoms with van der Waals surface area (Å²) in [6, 6.07) is 7.22. The van der Waals surface area contributed by atoms with Gasteiger partial charge < -0.3 is 15.4 Å². The number of nitrogens with two attached hydrogens (primary N) is 1. The van der Waals surface area contributed by atoms with Crippen LogP contribution in [0.15, 0.2) is 24.3 Å². The molecule has 5 heteroatoms. The first-order chi connectivity index (χ1) is 10.1. The summed E-state index contributed by atoms with van der Waals surface area (Å²) >= 11 is 5.89. The number of carbonyl (C=O) groups excluding carboxylic acids is 1. The van der Waals surface area contributed by atoms with Gasteiger partial charge in [-0.2, -0.15) is 0 Å². The zero-order valence-corrected chi connectivity index (χ0v) is 13.2. The number of hydrogen-bond donors (Lipinski definition) is 1. The van der Waals surface area contributed by atoms with E-state index in [0.717, 1.165) is 25.8 Å².